The summed E-state index contributed by atoms with van der Waals surface area (Å²) >= 11 is 10.0. The topological polar surface area (TPSA) is 58.2 Å². The van der Waals surface area contributed by atoms with Crippen molar-refractivity contribution in [3.63, 3.8) is 0 Å². The maximum Gasteiger partial charge on any atom is 0.253 e. The van der Waals surface area contributed by atoms with Crippen LogP contribution in [0.3, 0.4) is 0 Å². The molecule has 17 heavy (non-hydrogen) atoms. The molecule has 1 atom stereocenters. The Kier molecular flexibility index (Phi) is 4.84. The van der Waals surface area contributed by atoms with Gasteiger partial charge in [0.15, 0.2) is 0 Å². The second-order valence-corrected chi connectivity index (χ2v) is 4.40. The highest BCUT2D eigenvalue weighted by atomic mass is 35.5. The van der Waals surface area contributed by atoms with E-state index in [9.17, 15) is 9.59 Å². The molecule has 0 spiro atoms. The normalized spacial score (nSPS) is 11.8. The molecule has 0 fully saturated rings. The average molecular weight is 273 g/mol. The number of rotatable bonds is 3. The average Bonchev–Trinajstić information content (AvgIpc) is 2.30. The summed E-state index contributed by atoms with van der Waals surface area (Å²) in [4.78, 5) is 23.7. The Bertz CT molecular complexity index is 451. The van der Waals surface area contributed by atoms with Crippen LogP contribution in [0.2, 0.25) is 5.02 Å². The van der Waals surface area contributed by atoms with E-state index in [1.165, 1.54) is 7.05 Å². The molecule has 0 aliphatic carbocycles. The van der Waals surface area contributed by atoms with E-state index < -0.39 is 11.9 Å². The van der Waals surface area contributed by atoms with Crippen LogP contribution in [0, 0.1) is 0 Å². The van der Waals surface area contributed by atoms with Crippen molar-refractivity contribution in [2.24, 2.45) is 0 Å². The van der Waals surface area contributed by atoms with Crippen LogP contribution in [0.4, 0.5) is 0 Å². The summed E-state index contributed by atoms with van der Waals surface area (Å²) in [6.07, 6.45) is 0. The largest absolute Gasteiger partial charge is 0.357 e. The molecule has 0 bridgehead atoms. The van der Waals surface area contributed by atoms with E-state index in [2.05, 4.69) is 23.3 Å². The SMILES string of the molecule is CNC(=O)C(C)NC(=O)c1cc(S)ccc1Cl. The summed E-state index contributed by atoms with van der Waals surface area (Å²) in [5, 5.41) is 5.31. The van der Waals surface area contributed by atoms with Crippen LogP contribution in [0.1, 0.15) is 17.3 Å². The predicted octanol–water partition coefficient (Wildman–Crippen LogP) is 1.49. The fraction of sp³-hybridized carbons (Fsp3) is 0.273. The van der Waals surface area contributed by atoms with Crippen molar-refractivity contribution in [3.8, 4) is 0 Å². The van der Waals surface area contributed by atoms with Crippen LogP contribution in [0.25, 0.3) is 0 Å². The first-order valence-corrected chi connectivity index (χ1v) is 5.79. The summed E-state index contributed by atoms with van der Waals surface area (Å²) in [5.74, 6) is -0.668. The molecule has 4 nitrogen and oxygen atoms in total. The first kappa shape index (κ1) is 13.9. The Balaban J connectivity index is 2.83. The van der Waals surface area contributed by atoms with Gasteiger partial charge in [-0.3, -0.25) is 9.59 Å². The molecule has 0 aliphatic heterocycles. The lowest BCUT2D eigenvalue weighted by molar-refractivity contribution is -0.122. The molecular formula is C11H13ClN2O2S. The highest BCUT2D eigenvalue weighted by Crippen LogP contribution is 2.19. The second kappa shape index (κ2) is 5.93. The Morgan fingerprint density at radius 1 is 1.41 bits per heavy atom. The molecule has 0 radical (unpaired) electrons. The van der Waals surface area contributed by atoms with E-state index in [4.69, 9.17) is 11.6 Å². The van der Waals surface area contributed by atoms with Gasteiger partial charge in [0, 0.05) is 11.9 Å². The molecule has 0 saturated heterocycles. The summed E-state index contributed by atoms with van der Waals surface area (Å²) in [6.45, 7) is 1.59. The van der Waals surface area contributed by atoms with E-state index in [1.807, 2.05) is 0 Å². The summed E-state index contributed by atoms with van der Waals surface area (Å²) in [5.41, 5.74) is 0.301. The van der Waals surface area contributed by atoms with Crippen molar-refractivity contribution >= 4 is 36.0 Å². The van der Waals surface area contributed by atoms with Gasteiger partial charge >= 0.3 is 0 Å². The summed E-state index contributed by atoms with van der Waals surface area (Å²) in [6, 6.07) is 4.21. The highest BCUT2D eigenvalue weighted by molar-refractivity contribution is 7.80. The molecule has 2 N–H and O–H groups in total. The van der Waals surface area contributed by atoms with Crippen LogP contribution in [-0.4, -0.2) is 24.9 Å². The maximum absolute atomic E-state index is 11.8. The summed E-state index contributed by atoms with van der Waals surface area (Å²) < 4.78 is 0. The Labute approximate surface area is 110 Å². The zero-order valence-electron chi connectivity index (χ0n) is 9.45. The monoisotopic (exact) mass is 272 g/mol. The third-order valence-electron chi connectivity index (χ3n) is 2.18. The Morgan fingerprint density at radius 2 is 2.06 bits per heavy atom. The van der Waals surface area contributed by atoms with Gasteiger partial charge in [-0.05, 0) is 25.1 Å². The van der Waals surface area contributed by atoms with Gasteiger partial charge in [0.05, 0.1) is 10.6 Å². The molecule has 1 aromatic carbocycles. The number of hydrogen-bond donors (Lipinski definition) is 3. The predicted molar refractivity (Wildman–Crippen MR) is 69.7 cm³/mol. The van der Waals surface area contributed by atoms with Crippen molar-refractivity contribution in [3.05, 3.63) is 28.8 Å². The number of carbonyl (C=O) groups excluding carboxylic acids is 2. The first-order chi connectivity index (χ1) is 7.95. The maximum atomic E-state index is 11.8. The van der Waals surface area contributed by atoms with Gasteiger partial charge in [-0.1, -0.05) is 11.6 Å². The number of benzene rings is 1. The Hall–Kier alpha value is -1.20. The zero-order valence-corrected chi connectivity index (χ0v) is 11.1. The first-order valence-electron chi connectivity index (χ1n) is 4.96. The minimum atomic E-state index is -0.618. The van der Waals surface area contributed by atoms with Crippen molar-refractivity contribution in [2.75, 3.05) is 7.05 Å². The van der Waals surface area contributed by atoms with Crippen molar-refractivity contribution < 1.29 is 9.59 Å². The number of thiol groups is 1. The summed E-state index contributed by atoms with van der Waals surface area (Å²) in [7, 11) is 1.51. The quantitative estimate of drug-likeness (QED) is 0.731. The Morgan fingerprint density at radius 3 is 2.65 bits per heavy atom. The fourth-order valence-corrected chi connectivity index (χ4v) is 1.65. The molecule has 1 rings (SSSR count). The van der Waals surface area contributed by atoms with Crippen LogP contribution in [-0.2, 0) is 4.79 Å². The van der Waals surface area contributed by atoms with Crippen LogP contribution >= 0.6 is 24.2 Å². The van der Waals surface area contributed by atoms with Gasteiger partial charge in [-0.15, -0.1) is 12.6 Å². The lowest BCUT2D eigenvalue weighted by Crippen LogP contribution is -2.43. The number of hydrogen-bond acceptors (Lipinski definition) is 3. The molecule has 0 saturated carbocycles. The van der Waals surface area contributed by atoms with Gasteiger partial charge in [-0.25, -0.2) is 0 Å². The van der Waals surface area contributed by atoms with Gasteiger partial charge in [0.1, 0.15) is 6.04 Å². The number of halogens is 1. The smallest absolute Gasteiger partial charge is 0.253 e. The minimum Gasteiger partial charge on any atom is -0.357 e. The molecule has 92 valence electrons. The van der Waals surface area contributed by atoms with Crippen LogP contribution in [0.5, 0.6) is 0 Å². The molecule has 6 heteroatoms. The molecule has 0 heterocycles. The number of carbonyl (C=O) groups is 2. The van der Waals surface area contributed by atoms with Gasteiger partial charge < -0.3 is 10.6 Å². The fourth-order valence-electron chi connectivity index (χ4n) is 1.24. The number of amides is 2. The highest BCUT2D eigenvalue weighted by Gasteiger charge is 2.17. The van der Waals surface area contributed by atoms with E-state index in [0.29, 0.717) is 15.5 Å². The van der Waals surface area contributed by atoms with Crippen LogP contribution in [0.15, 0.2) is 23.1 Å². The third kappa shape index (κ3) is 3.64. The molecule has 0 aliphatic rings. The third-order valence-corrected chi connectivity index (χ3v) is 2.79. The second-order valence-electron chi connectivity index (χ2n) is 3.47. The van der Waals surface area contributed by atoms with Gasteiger partial charge in [0.25, 0.3) is 5.91 Å². The lowest BCUT2D eigenvalue weighted by Gasteiger charge is -2.13. The minimum absolute atomic E-state index is 0.267. The van der Waals surface area contributed by atoms with Gasteiger partial charge in [-0.2, -0.15) is 0 Å². The van der Waals surface area contributed by atoms with Crippen molar-refractivity contribution in [2.45, 2.75) is 17.9 Å². The van der Waals surface area contributed by atoms with E-state index in [0.717, 1.165) is 0 Å². The molecule has 2 amide bonds. The van der Waals surface area contributed by atoms with Crippen molar-refractivity contribution in [1.29, 1.82) is 0 Å². The number of likely N-dealkylation sites (N-methyl/N-ethyl adjacent to an activating group) is 1. The number of nitrogens with one attached hydrogen (secondary N) is 2. The molecule has 0 aromatic heterocycles. The lowest BCUT2D eigenvalue weighted by atomic mass is 10.2. The van der Waals surface area contributed by atoms with Crippen molar-refractivity contribution in [1.82, 2.24) is 10.6 Å². The van der Waals surface area contributed by atoms with E-state index >= 15 is 0 Å². The zero-order chi connectivity index (χ0) is 13.0. The van der Waals surface area contributed by atoms with Gasteiger partial charge in [0.2, 0.25) is 5.91 Å². The standard InChI is InChI=1S/C11H13ClN2O2S/c1-6(10(15)13-2)14-11(16)8-5-7(17)3-4-9(8)12/h3-6,17H,1-2H3,(H,13,15)(H,14,16). The molecule has 1 unspecified atom stereocenters. The van der Waals surface area contributed by atoms with Crippen LogP contribution < -0.4 is 10.6 Å². The molecular weight excluding hydrogens is 260 g/mol. The molecule has 1 aromatic rings. The van der Waals surface area contributed by atoms with E-state index in [1.54, 1.807) is 25.1 Å². The van der Waals surface area contributed by atoms with E-state index in [-0.39, 0.29) is 5.91 Å².